The molecule has 5 heteroatoms. The van der Waals surface area contributed by atoms with Gasteiger partial charge in [0.1, 0.15) is 16.8 Å². The Bertz CT molecular complexity index is 3090. The molecule has 0 spiro atoms. The molecule has 11 aromatic rings. The molecule has 11 rings (SSSR count). The molecule has 47 heavy (non-hydrogen) atoms. The van der Waals surface area contributed by atoms with E-state index in [1.54, 1.807) is 0 Å². The van der Waals surface area contributed by atoms with Crippen LogP contribution in [0.2, 0.25) is 0 Å². The van der Waals surface area contributed by atoms with Gasteiger partial charge in [-0.1, -0.05) is 97.1 Å². The highest BCUT2D eigenvalue weighted by Gasteiger charge is 2.22. The first-order valence-electron chi connectivity index (χ1n) is 15.7. The van der Waals surface area contributed by atoms with Gasteiger partial charge in [-0.05, 0) is 58.6 Å². The summed E-state index contributed by atoms with van der Waals surface area (Å²) < 4.78 is 11.3. The van der Waals surface area contributed by atoms with Crippen molar-refractivity contribution in [3.05, 3.63) is 140 Å². The fourth-order valence-corrected chi connectivity index (χ4v) is 8.63. The van der Waals surface area contributed by atoms with E-state index in [-0.39, 0.29) is 0 Å². The van der Waals surface area contributed by atoms with E-state index in [0.717, 1.165) is 44.2 Å². The third kappa shape index (κ3) is 3.52. The number of furan rings is 1. The largest absolute Gasteiger partial charge is 0.452 e. The topological polar surface area (TPSA) is 43.9 Å². The third-order valence-corrected chi connectivity index (χ3v) is 10.8. The first-order valence-corrected chi connectivity index (χ1v) is 16.6. The van der Waals surface area contributed by atoms with Crippen molar-refractivity contribution in [3.63, 3.8) is 0 Å². The summed E-state index contributed by atoms with van der Waals surface area (Å²) in [4.78, 5) is 10.6. The Labute approximate surface area is 271 Å². The number of thiophene rings is 1. The molecule has 4 heterocycles. The number of hydrogen-bond acceptors (Lipinski definition) is 4. The van der Waals surface area contributed by atoms with Gasteiger partial charge < -0.3 is 4.42 Å². The van der Waals surface area contributed by atoms with Crippen molar-refractivity contribution in [1.29, 1.82) is 0 Å². The Kier molecular flexibility index (Phi) is 4.96. The Hall–Kier alpha value is -6.04. The van der Waals surface area contributed by atoms with Crippen LogP contribution >= 0.6 is 11.3 Å². The second kappa shape index (κ2) is 9.25. The van der Waals surface area contributed by atoms with Crippen molar-refractivity contribution < 1.29 is 4.42 Å². The molecule has 0 unspecified atom stereocenters. The molecule has 0 atom stereocenters. The molecule has 0 radical (unpaired) electrons. The Balaban J connectivity index is 1.28. The Morgan fingerprint density at radius 2 is 1.28 bits per heavy atom. The summed E-state index contributed by atoms with van der Waals surface area (Å²) in [5.41, 5.74) is 6.25. The van der Waals surface area contributed by atoms with Gasteiger partial charge in [-0.3, -0.25) is 4.57 Å². The normalized spacial score (nSPS) is 12.3. The molecule has 0 saturated carbocycles. The second-order valence-electron chi connectivity index (χ2n) is 12.2. The van der Waals surface area contributed by atoms with Gasteiger partial charge in [0.15, 0.2) is 5.58 Å². The van der Waals surface area contributed by atoms with E-state index in [1.165, 1.54) is 47.1 Å². The number of rotatable bonds is 2. The first kappa shape index (κ1) is 25.2. The highest BCUT2D eigenvalue weighted by molar-refractivity contribution is 7.26. The molecule has 0 aliphatic carbocycles. The molecule has 0 N–H and O–H groups in total. The molecule has 4 aromatic heterocycles. The van der Waals surface area contributed by atoms with Crippen LogP contribution in [0.15, 0.2) is 144 Å². The zero-order chi connectivity index (χ0) is 30.6. The monoisotopic (exact) mass is 617 g/mol. The van der Waals surface area contributed by atoms with Crippen LogP contribution in [0.3, 0.4) is 0 Å². The minimum atomic E-state index is 0.626. The van der Waals surface area contributed by atoms with E-state index >= 15 is 0 Å². The lowest BCUT2D eigenvalue weighted by Crippen LogP contribution is -2.03. The zero-order valence-electron chi connectivity index (χ0n) is 24.9. The van der Waals surface area contributed by atoms with E-state index in [0.29, 0.717) is 11.5 Å². The summed E-state index contributed by atoms with van der Waals surface area (Å²) in [7, 11) is 0. The lowest BCUT2D eigenvalue weighted by atomic mass is 10.0. The predicted octanol–water partition coefficient (Wildman–Crippen LogP) is 11.8. The smallest absolute Gasteiger partial charge is 0.236 e. The van der Waals surface area contributed by atoms with Crippen LogP contribution in [-0.4, -0.2) is 14.5 Å². The van der Waals surface area contributed by atoms with E-state index in [4.69, 9.17) is 14.4 Å². The highest BCUT2D eigenvalue weighted by Crippen LogP contribution is 2.42. The van der Waals surface area contributed by atoms with Gasteiger partial charge in [0, 0.05) is 47.3 Å². The lowest BCUT2D eigenvalue weighted by molar-refractivity contribution is 0.666. The summed E-state index contributed by atoms with van der Waals surface area (Å²) in [5.74, 6) is 0.626. The zero-order valence-corrected chi connectivity index (χ0v) is 25.8. The maximum Gasteiger partial charge on any atom is 0.236 e. The molecule has 4 nitrogen and oxygen atoms in total. The van der Waals surface area contributed by atoms with Crippen LogP contribution in [0.5, 0.6) is 0 Å². The molecule has 0 saturated heterocycles. The maximum atomic E-state index is 6.50. The van der Waals surface area contributed by atoms with Crippen LogP contribution < -0.4 is 0 Å². The van der Waals surface area contributed by atoms with Gasteiger partial charge in [-0.2, -0.15) is 0 Å². The van der Waals surface area contributed by atoms with E-state index < -0.39 is 0 Å². The number of benzene rings is 7. The van der Waals surface area contributed by atoms with Crippen LogP contribution in [0, 0.1) is 0 Å². The molecular weight excluding hydrogens is 595 g/mol. The SMILES string of the molecule is c1ccc2cc(-c3nc(-n4c5ccccc5c5cc6ccc7c8ccccc8sc7c6cc54)nc4c3oc3ccccc34)ccc2c1. The number of nitrogens with zero attached hydrogens (tertiary/aromatic N) is 3. The van der Waals surface area contributed by atoms with E-state index in [9.17, 15) is 0 Å². The average Bonchev–Trinajstić information content (AvgIpc) is 3.80. The van der Waals surface area contributed by atoms with Crippen LogP contribution in [-0.2, 0) is 0 Å². The standard InChI is InChI=1S/C42H23N3OS/c1-2-10-25-21-27(18-17-24(25)9-1)38-40-39(31-13-4-7-15-36(31)46-40)44-42(43-38)45-34-14-6-3-11-28(34)33-22-26-19-20-30-29-12-5-8-16-37(29)47-41(30)32(26)23-35(33)45/h1-23H. The summed E-state index contributed by atoms with van der Waals surface area (Å²) in [6.45, 7) is 0. The molecule has 0 bridgehead atoms. The molecule has 218 valence electrons. The van der Waals surface area contributed by atoms with Gasteiger partial charge in [-0.25, -0.2) is 9.97 Å². The van der Waals surface area contributed by atoms with Crippen molar-refractivity contribution >= 4 is 96.9 Å². The van der Waals surface area contributed by atoms with Crippen molar-refractivity contribution in [2.45, 2.75) is 0 Å². The van der Waals surface area contributed by atoms with Crippen LogP contribution in [0.4, 0.5) is 0 Å². The summed E-state index contributed by atoms with van der Waals surface area (Å²) in [6, 6.07) is 49.5. The molecule has 0 aliphatic rings. The third-order valence-electron chi connectivity index (χ3n) is 9.58. The fraction of sp³-hybridized carbons (Fsp3) is 0. The van der Waals surface area contributed by atoms with Crippen LogP contribution in [0.1, 0.15) is 0 Å². The fourth-order valence-electron chi connectivity index (χ4n) is 7.40. The summed E-state index contributed by atoms with van der Waals surface area (Å²) in [5, 5.41) is 10.7. The minimum Gasteiger partial charge on any atom is -0.452 e. The number of aromatic nitrogens is 3. The molecule has 0 amide bonds. The van der Waals surface area contributed by atoms with Gasteiger partial charge in [0.25, 0.3) is 0 Å². The van der Waals surface area contributed by atoms with Gasteiger partial charge in [0.05, 0.1) is 11.0 Å². The summed E-state index contributed by atoms with van der Waals surface area (Å²) in [6.07, 6.45) is 0. The average molecular weight is 618 g/mol. The van der Waals surface area contributed by atoms with Gasteiger partial charge in [0.2, 0.25) is 5.95 Å². The lowest BCUT2D eigenvalue weighted by Gasteiger charge is -2.10. The highest BCUT2D eigenvalue weighted by atomic mass is 32.1. The maximum absolute atomic E-state index is 6.50. The number of para-hydroxylation sites is 2. The number of hydrogen-bond donors (Lipinski definition) is 0. The molecule has 7 aromatic carbocycles. The molecular formula is C42H23N3OS. The number of fused-ring (bicyclic) bond motifs is 12. The van der Waals surface area contributed by atoms with Crippen LogP contribution in [0.25, 0.3) is 103 Å². The first-order chi connectivity index (χ1) is 23.3. The van der Waals surface area contributed by atoms with E-state index in [1.807, 2.05) is 29.5 Å². The van der Waals surface area contributed by atoms with Crippen molar-refractivity contribution in [1.82, 2.24) is 14.5 Å². The predicted molar refractivity (Wildman–Crippen MR) is 197 cm³/mol. The Morgan fingerprint density at radius 1 is 0.511 bits per heavy atom. The quantitative estimate of drug-likeness (QED) is 0.194. The Morgan fingerprint density at radius 3 is 2.21 bits per heavy atom. The van der Waals surface area contributed by atoms with E-state index in [2.05, 4.69) is 126 Å². The van der Waals surface area contributed by atoms with Gasteiger partial charge in [-0.15, -0.1) is 11.3 Å². The van der Waals surface area contributed by atoms with Gasteiger partial charge >= 0.3 is 0 Å². The minimum absolute atomic E-state index is 0.626. The summed E-state index contributed by atoms with van der Waals surface area (Å²) >= 11 is 1.86. The van der Waals surface area contributed by atoms with Crippen molar-refractivity contribution in [3.8, 4) is 17.2 Å². The molecule has 0 aliphatic heterocycles. The van der Waals surface area contributed by atoms with Crippen molar-refractivity contribution in [2.24, 2.45) is 0 Å². The van der Waals surface area contributed by atoms with Crippen molar-refractivity contribution in [2.75, 3.05) is 0 Å². The molecule has 0 fully saturated rings. The second-order valence-corrected chi connectivity index (χ2v) is 13.2.